The number of carbonyl (C=O) groups is 4. The van der Waals surface area contributed by atoms with Crippen molar-refractivity contribution in [3.8, 4) is 0 Å². The summed E-state index contributed by atoms with van der Waals surface area (Å²) in [6, 6.07) is 5.20. The van der Waals surface area contributed by atoms with Crippen molar-refractivity contribution in [2.24, 2.45) is 0 Å². The molecular formula is C23H24INO11. The molecule has 1 fully saturated rings. The van der Waals surface area contributed by atoms with E-state index in [2.05, 4.69) is 5.32 Å². The molecule has 0 spiro atoms. The highest BCUT2D eigenvalue weighted by molar-refractivity contribution is 14.1. The van der Waals surface area contributed by atoms with Gasteiger partial charge in [0.05, 0.1) is 0 Å². The zero-order valence-corrected chi connectivity index (χ0v) is 21.9. The highest BCUT2D eigenvalue weighted by atomic mass is 127. The Balaban J connectivity index is 2.04. The predicted octanol–water partition coefficient (Wildman–Crippen LogP) is 1.89. The van der Waals surface area contributed by atoms with E-state index in [9.17, 15) is 24.0 Å². The number of esters is 4. The first-order valence-corrected chi connectivity index (χ1v) is 11.8. The van der Waals surface area contributed by atoms with Gasteiger partial charge in [-0.05, 0) is 34.7 Å². The van der Waals surface area contributed by atoms with Crippen LogP contribution in [0.4, 0.5) is 5.69 Å². The molecule has 2 aromatic rings. The minimum absolute atomic E-state index is 0.283. The van der Waals surface area contributed by atoms with Gasteiger partial charge in [0.25, 0.3) is 0 Å². The number of fused-ring (bicyclic) bond motifs is 1. The number of hydrogen-bond acceptors (Lipinski definition) is 12. The largest absolute Gasteiger partial charge is 0.463 e. The third-order valence-corrected chi connectivity index (χ3v) is 5.90. The van der Waals surface area contributed by atoms with Crippen LogP contribution in [0.2, 0.25) is 0 Å². The van der Waals surface area contributed by atoms with Gasteiger partial charge in [-0.2, -0.15) is 0 Å². The molecule has 1 saturated heterocycles. The molecule has 0 bridgehead atoms. The van der Waals surface area contributed by atoms with E-state index in [4.69, 9.17) is 28.1 Å². The molecule has 0 aliphatic carbocycles. The maximum absolute atomic E-state index is 12.0. The lowest BCUT2D eigenvalue weighted by atomic mass is 9.95. The van der Waals surface area contributed by atoms with Crippen molar-refractivity contribution in [3.63, 3.8) is 0 Å². The standard InChI is InChI=1S/C23H24INO11/c1-10(26)31-9-18-21(32-11(2)27)22(33-12(3)28)20(23(36-18)34-13(4)29)25-14-5-6-15-16(24)8-19(30)35-17(15)7-14/h5-8,18,20-23,25H,9H2,1-4H3/t18?,20-,21+,22?,23?/m0/s1. The van der Waals surface area contributed by atoms with Gasteiger partial charge in [-0.25, -0.2) is 4.79 Å². The monoisotopic (exact) mass is 617 g/mol. The van der Waals surface area contributed by atoms with E-state index >= 15 is 0 Å². The van der Waals surface area contributed by atoms with E-state index in [1.165, 1.54) is 13.0 Å². The van der Waals surface area contributed by atoms with Gasteiger partial charge in [0.15, 0.2) is 12.2 Å². The zero-order valence-electron chi connectivity index (χ0n) is 19.8. The Labute approximate surface area is 218 Å². The second kappa shape index (κ2) is 11.7. The predicted molar refractivity (Wildman–Crippen MR) is 131 cm³/mol. The van der Waals surface area contributed by atoms with Crippen LogP contribution in [0, 0.1) is 3.57 Å². The molecule has 3 unspecified atom stereocenters. The minimum Gasteiger partial charge on any atom is -0.463 e. The van der Waals surface area contributed by atoms with Crippen molar-refractivity contribution in [1.29, 1.82) is 0 Å². The maximum Gasteiger partial charge on any atom is 0.337 e. The molecule has 1 aromatic heterocycles. The molecule has 36 heavy (non-hydrogen) atoms. The molecule has 1 aliphatic rings. The summed E-state index contributed by atoms with van der Waals surface area (Å²) in [4.78, 5) is 59.0. The van der Waals surface area contributed by atoms with Crippen LogP contribution in [0.15, 0.2) is 33.5 Å². The fourth-order valence-electron chi connectivity index (χ4n) is 3.73. The number of benzene rings is 1. The van der Waals surface area contributed by atoms with E-state index in [-0.39, 0.29) is 12.2 Å². The SMILES string of the molecule is CC(=O)OCC1OC(OC(C)=O)[C@@H](Nc2ccc3c(I)cc(=O)oc3c2)C(OC(C)=O)[C@@H]1OC(C)=O. The van der Waals surface area contributed by atoms with Gasteiger partial charge in [0.2, 0.25) is 6.29 Å². The molecule has 13 heteroatoms. The van der Waals surface area contributed by atoms with Crippen LogP contribution in [0.1, 0.15) is 27.7 Å². The molecule has 1 aromatic carbocycles. The highest BCUT2D eigenvalue weighted by Crippen LogP contribution is 2.31. The van der Waals surface area contributed by atoms with Crippen LogP contribution in [0.25, 0.3) is 11.0 Å². The molecule has 2 heterocycles. The summed E-state index contributed by atoms with van der Waals surface area (Å²) in [5.41, 5.74) is 0.144. The lowest BCUT2D eigenvalue weighted by Gasteiger charge is -2.44. The Hall–Kier alpha value is -3.20. The van der Waals surface area contributed by atoms with Crippen molar-refractivity contribution in [3.05, 3.63) is 38.3 Å². The van der Waals surface area contributed by atoms with Crippen molar-refractivity contribution in [2.75, 3.05) is 11.9 Å². The number of halogens is 1. The summed E-state index contributed by atoms with van der Waals surface area (Å²) in [6.07, 6.45) is -4.93. The lowest BCUT2D eigenvalue weighted by Crippen LogP contribution is -2.64. The van der Waals surface area contributed by atoms with Crippen molar-refractivity contribution < 1.29 is 47.3 Å². The second-order valence-electron chi connectivity index (χ2n) is 7.90. The van der Waals surface area contributed by atoms with Crippen LogP contribution in [0.3, 0.4) is 0 Å². The number of ether oxygens (including phenoxy) is 5. The van der Waals surface area contributed by atoms with Crippen LogP contribution < -0.4 is 10.9 Å². The smallest absolute Gasteiger partial charge is 0.337 e. The van der Waals surface area contributed by atoms with Crippen LogP contribution in [0.5, 0.6) is 0 Å². The molecule has 3 rings (SSSR count). The Morgan fingerprint density at radius 1 is 0.917 bits per heavy atom. The van der Waals surface area contributed by atoms with E-state index in [0.29, 0.717) is 14.6 Å². The topological polar surface area (TPSA) is 157 Å². The zero-order chi connectivity index (χ0) is 26.6. The van der Waals surface area contributed by atoms with E-state index < -0.39 is 60.1 Å². The highest BCUT2D eigenvalue weighted by Gasteiger charge is 2.51. The number of nitrogens with one attached hydrogen (secondary N) is 1. The van der Waals surface area contributed by atoms with Crippen LogP contribution in [-0.4, -0.2) is 61.1 Å². The normalized spacial score (nSPS) is 23.4. The minimum atomic E-state index is -1.35. The third kappa shape index (κ3) is 6.94. The molecule has 194 valence electrons. The van der Waals surface area contributed by atoms with Gasteiger partial charge in [-0.1, -0.05) is 0 Å². The molecule has 1 N–H and O–H groups in total. The fourth-order valence-corrected chi connectivity index (χ4v) is 4.43. The lowest BCUT2D eigenvalue weighted by molar-refractivity contribution is -0.264. The Kier molecular flexibility index (Phi) is 8.89. The van der Waals surface area contributed by atoms with E-state index in [1.54, 1.807) is 18.2 Å². The quantitative estimate of drug-likeness (QED) is 0.209. The first-order chi connectivity index (χ1) is 16.9. The molecule has 12 nitrogen and oxygen atoms in total. The first kappa shape index (κ1) is 27.4. The van der Waals surface area contributed by atoms with Crippen LogP contribution in [-0.2, 0) is 42.9 Å². The number of anilines is 1. The van der Waals surface area contributed by atoms with Gasteiger partial charge in [-0.15, -0.1) is 0 Å². The summed E-state index contributed by atoms with van der Waals surface area (Å²) in [5.74, 6) is -2.75. The van der Waals surface area contributed by atoms with Gasteiger partial charge in [-0.3, -0.25) is 19.2 Å². The van der Waals surface area contributed by atoms with E-state index in [0.717, 1.165) is 20.8 Å². The summed E-state index contributed by atoms with van der Waals surface area (Å²) >= 11 is 2.01. The molecular weight excluding hydrogens is 593 g/mol. The first-order valence-electron chi connectivity index (χ1n) is 10.7. The summed E-state index contributed by atoms with van der Waals surface area (Å²) in [6.45, 7) is 4.29. The summed E-state index contributed by atoms with van der Waals surface area (Å²) < 4.78 is 33.1. The Bertz CT molecular complexity index is 1230. The van der Waals surface area contributed by atoms with Crippen molar-refractivity contribution in [2.45, 2.75) is 58.3 Å². The van der Waals surface area contributed by atoms with Crippen LogP contribution >= 0.6 is 22.6 Å². The molecule has 0 saturated carbocycles. The van der Waals surface area contributed by atoms with Gasteiger partial charge < -0.3 is 33.4 Å². The Morgan fingerprint density at radius 2 is 1.56 bits per heavy atom. The summed E-state index contributed by atoms with van der Waals surface area (Å²) in [7, 11) is 0. The van der Waals surface area contributed by atoms with Crippen molar-refractivity contribution in [1.82, 2.24) is 0 Å². The number of carbonyl (C=O) groups excluding carboxylic acids is 4. The second-order valence-corrected chi connectivity index (χ2v) is 9.06. The fraction of sp³-hybridized carbons (Fsp3) is 0.435. The molecule has 0 radical (unpaired) electrons. The third-order valence-electron chi connectivity index (χ3n) is 5.01. The summed E-state index contributed by atoms with van der Waals surface area (Å²) in [5, 5.41) is 3.76. The maximum atomic E-state index is 12.0. The van der Waals surface area contributed by atoms with Gasteiger partial charge in [0, 0.05) is 54.5 Å². The molecule has 0 amide bonds. The van der Waals surface area contributed by atoms with Gasteiger partial charge in [0.1, 0.15) is 24.3 Å². The average Bonchev–Trinajstić information content (AvgIpc) is 2.75. The van der Waals surface area contributed by atoms with Crippen molar-refractivity contribution >= 4 is 63.1 Å². The molecule has 5 atom stereocenters. The number of hydrogen-bond donors (Lipinski definition) is 1. The van der Waals surface area contributed by atoms with Gasteiger partial charge >= 0.3 is 29.5 Å². The molecule has 1 aliphatic heterocycles. The van der Waals surface area contributed by atoms with E-state index in [1.807, 2.05) is 22.6 Å². The number of rotatable bonds is 7. The Morgan fingerprint density at radius 3 is 2.17 bits per heavy atom. The average molecular weight is 617 g/mol.